The quantitative estimate of drug-likeness (QED) is 0.429. The molecule has 1 aliphatic carbocycles. The summed E-state index contributed by atoms with van der Waals surface area (Å²) in [6, 6.07) is 1.93. The molecule has 0 aliphatic heterocycles. The molecule has 0 N–H and O–H groups in total. The minimum absolute atomic E-state index is 0.124. The molecule has 0 fully saturated rings. The van der Waals surface area contributed by atoms with Crippen molar-refractivity contribution in [1.82, 2.24) is 19.6 Å². The lowest BCUT2D eigenvalue weighted by Crippen LogP contribution is -2.25. The Morgan fingerprint density at radius 1 is 1.32 bits per heavy atom. The van der Waals surface area contributed by atoms with Crippen LogP contribution in [0.4, 0.5) is 0 Å². The minimum atomic E-state index is 0.124. The SMILES string of the molecule is Cc1cc(CSc2nc3sc4c(c3c(=O)n2CCCN(C)C)CCCC4)on1. The number of nitrogens with zero attached hydrogens (tertiary/aromatic N) is 4. The normalized spacial score (nSPS) is 14.1. The van der Waals surface area contributed by atoms with Gasteiger partial charge in [0, 0.05) is 17.5 Å². The van der Waals surface area contributed by atoms with Gasteiger partial charge in [-0.15, -0.1) is 11.3 Å². The van der Waals surface area contributed by atoms with Crippen LogP contribution in [0.25, 0.3) is 10.2 Å². The molecular formula is C20H26N4O2S2. The summed E-state index contributed by atoms with van der Waals surface area (Å²) < 4.78 is 7.21. The fourth-order valence-electron chi connectivity index (χ4n) is 3.69. The minimum Gasteiger partial charge on any atom is -0.360 e. The molecule has 0 atom stereocenters. The molecule has 3 aromatic heterocycles. The molecule has 0 spiro atoms. The van der Waals surface area contributed by atoms with Gasteiger partial charge in [0.15, 0.2) is 5.16 Å². The first-order valence-electron chi connectivity index (χ1n) is 9.77. The molecule has 3 aromatic rings. The number of hydrogen-bond acceptors (Lipinski definition) is 7. The molecule has 0 unspecified atom stereocenters. The summed E-state index contributed by atoms with van der Waals surface area (Å²) in [6.07, 6.45) is 5.38. The number of thioether (sulfide) groups is 1. The van der Waals surface area contributed by atoms with Crippen LogP contribution in [0.15, 0.2) is 20.5 Å². The van der Waals surface area contributed by atoms with Gasteiger partial charge in [0.25, 0.3) is 5.56 Å². The fraction of sp³-hybridized carbons (Fsp3) is 0.550. The van der Waals surface area contributed by atoms with Crippen molar-refractivity contribution < 1.29 is 4.52 Å². The van der Waals surface area contributed by atoms with Gasteiger partial charge in [-0.25, -0.2) is 4.98 Å². The van der Waals surface area contributed by atoms with Crippen LogP contribution in [0.5, 0.6) is 0 Å². The third kappa shape index (κ3) is 4.04. The number of thiophene rings is 1. The molecule has 0 aromatic carbocycles. The van der Waals surface area contributed by atoms with E-state index in [0.29, 0.717) is 12.3 Å². The summed E-state index contributed by atoms with van der Waals surface area (Å²) in [4.78, 5) is 22.8. The number of hydrogen-bond donors (Lipinski definition) is 0. The Kier molecular flexibility index (Phi) is 5.89. The number of aromatic nitrogens is 3. The second-order valence-corrected chi connectivity index (χ2v) is 9.65. The molecule has 0 saturated heterocycles. The summed E-state index contributed by atoms with van der Waals surface area (Å²) in [6.45, 7) is 3.54. The first kappa shape index (κ1) is 19.7. The van der Waals surface area contributed by atoms with Gasteiger partial charge in [0.05, 0.1) is 16.8 Å². The highest BCUT2D eigenvalue weighted by atomic mass is 32.2. The Morgan fingerprint density at radius 3 is 2.89 bits per heavy atom. The van der Waals surface area contributed by atoms with Crippen molar-refractivity contribution in [2.24, 2.45) is 0 Å². The molecular weight excluding hydrogens is 392 g/mol. The lowest BCUT2D eigenvalue weighted by atomic mass is 9.97. The van der Waals surface area contributed by atoms with Crippen molar-refractivity contribution in [3.8, 4) is 0 Å². The fourth-order valence-corrected chi connectivity index (χ4v) is 5.90. The maximum absolute atomic E-state index is 13.4. The summed E-state index contributed by atoms with van der Waals surface area (Å²) in [5.41, 5.74) is 2.25. The first-order valence-corrected chi connectivity index (χ1v) is 11.6. The predicted octanol–water partition coefficient (Wildman–Crippen LogP) is 3.88. The van der Waals surface area contributed by atoms with E-state index in [2.05, 4.69) is 24.2 Å². The summed E-state index contributed by atoms with van der Waals surface area (Å²) >= 11 is 3.27. The summed E-state index contributed by atoms with van der Waals surface area (Å²) in [7, 11) is 4.11. The monoisotopic (exact) mass is 418 g/mol. The molecule has 8 heteroatoms. The maximum Gasteiger partial charge on any atom is 0.263 e. The Hall–Kier alpha value is -1.64. The van der Waals surface area contributed by atoms with Gasteiger partial charge < -0.3 is 9.42 Å². The topological polar surface area (TPSA) is 64.2 Å². The summed E-state index contributed by atoms with van der Waals surface area (Å²) in [5, 5.41) is 5.60. The summed E-state index contributed by atoms with van der Waals surface area (Å²) in [5.74, 6) is 1.43. The van der Waals surface area contributed by atoms with Crippen LogP contribution in [-0.2, 0) is 25.1 Å². The number of aryl methyl sites for hydroxylation is 3. The zero-order valence-electron chi connectivity index (χ0n) is 16.7. The van der Waals surface area contributed by atoms with Crippen LogP contribution >= 0.6 is 23.1 Å². The third-order valence-corrected chi connectivity index (χ3v) is 7.23. The van der Waals surface area contributed by atoms with Crippen LogP contribution < -0.4 is 5.56 Å². The van der Waals surface area contributed by atoms with E-state index >= 15 is 0 Å². The average Bonchev–Trinajstić information content (AvgIpc) is 3.24. The van der Waals surface area contributed by atoms with Crippen LogP contribution in [-0.4, -0.2) is 40.2 Å². The van der Waals surface area contributed by atoms with Gasteiger partial charge in [0.2, 0.25) is 0 Å². The largest absolute Gasteiger partial charge is 0.360 e. The third-order valence-electron chi connectivity index (χ3n) is 5.05. The van der Waals surface area contributed by atoms with Gasteiger partial charge in [-0.1, -0.05) is 16.9 Å². The van der Waals surface area contributed by atoms with Gasteiger partial charge in [0.1, 0.15) is 10.6 Å². The molecule has 1 aliphatic rings. The molecule has 0 radical (unpaired) electrons. The molecule has 4 rings (SSSR count). The maximum atomic E-state index is 13.4. The first-order chi connectivity index (χ1) is 13.5. The van der Waals surface area contributed by atoms with Crippen molar-refractivity contribution >= 4 is 33.3 Å². The van der Waals surface area contributed by atoms with Crippen LogP contribution in [0.1, 0.15) is 41.2 Å². The molecule has 150 valence electrons. The van der Waals surface area contributed by atoms with Gasteiger partial charge >= 0.3 is 0 Å². The predicted molar refractivity (Wildman–Crippen MR) is 114 cm³/mol. The van der Waals surface area contributed by atoms with Crippen molar-refractivity contribution in [2.75, 3.05) is 20.6 Å². The van der Waals surface area contributed by atoms with E-state index in [1.165, 1.54) is 23.3 Å². The standard InChI is InChI=1S/C20H26N4O2S2/c1-13-11-14(26-22-13)12-27-20-21-18-17(15-7-4-5-8-16(15)28-18)19(25)24(20)10-6-9-23(2)3/h11H,4-10,12H2,1-3H3. The number of rotatable bonds is 7. The van der Waals surface area contributed by atoms with Crippen molar-refractivity contribution in [3.63, 3.8) is 0 Å². The molecule has 0 amide bonds. The molecule has 0 saturated carbocycles. The van der Waals surface area contributed by atoms with Crippen molar-refractivity contribution in [3.05, 3.63) is 38.3 Å². The van der Waals surface area contributed by atoms with E-state index in [4.69, 9.17) is 9.51 Å². The van der Waals surface area contributed by atoms with E-state index in [1.54, 1.807) is 23.1 Å². The highest BCUT2D eigenvalue weighted by Gasteiger charge is 2.22. The Balaban J connectivity index is 1.71. The lowest BCUT2D eigenvalue weighted by molar-refractivity contribution is 0.379. The Labute approximate surface area is 172 Å². The second-order valence-electron chi connectivity index (χ2n) is 7.62. The van der Waals surface area contributed by atoms with Crippen LogP contribution in [0.2, 0.25) is 0 Å². The zero-order chi connectivity index (χ0) is 19.7. The number of fused-ring (bicyclic) bond motifs is 3. The highest BCUT2D eigenvalue weighted by Crippen LogP contribution is 2.35. The molecule has 0 bridgehead atoms. The van der Waals surface area contributed by atoms with Crippen molar-refractivity contribution in [1.29, 1.82) is 0 Å². The van der Waals surface area contributed by atoms with Crippen LogP contribution in [0, 0.1) is 6.92 Å². The zero-order valence-corrected chi connectivity index (χ0v) is 18.3. The van der Waals surface area contributed by atoms with E-state index in [1.807, 2.05) is 17.6 Å². The van der Waals surface area contributed by atoms with E-state index in [9.17, 15) is 4.79 Å². The van der Waals surface area contributed by atoms with Gasteiger partial charge in [-0.2, -0.15) is 0 Å². The Bertz CT molecular complexity index is 1030. The van der Waals surface area contributed by atoms with Gasteiger partial charge in [-0.3, -0.25) is 9.36 Å². The van der Waals surface area contributed by atoms with E-state index in [0.717, 1.165) is 52.6 Å². The van der Waals surface area contributed by atoms with E-state index < -0.39 is 0 Å². The molecule has 28 heavy (non-hydrogen) atoms. The highest BCUT2D eigenvalue weighted by molar-refractivity contribution is 7.98. The smallest absolute Gasteiger partial charge is 0.263 e. The van der Waals surface area contributed by atoms with Gasteiger partial charge in [-0.05, 0) is 65.2 Å². The molecule has 3 heterocycles. The van der Waals surface area contributed by atoms with E-state index in [-0.39, 0.29) is 5.56 Å². The van der Waals surface area contributed by atoms with Crippen molar-refractivity contribution in [2.45, 2.75) is 56.5 Å². The average molecular weight is 419 g/mol. The lowest BCUT2D eigenvalue weighted by Gasteiger charge is -2.14. The second kappa shape index (κ2) is 8.39. The van der Waals surface area contributed by atoms with Crippen LogP contribution in [0.3, 0.4) is 0 Å². The Morgan fingerprint density at radius 2 is 2.14 bits per heavy atom. The molecule has 6 nitrogen and oxygen atoms in total.